The van der Waals surface area contributed by atoms with E-state index in [1.165, 1.54) is 16.7 Å². The summed E-state index contributed by atoms with van der Waals surface area (Å²) in [4.78, 5) is 15.6. The molecule has 3 heteroatoms. The lowest BCUT2D eigenvalue weighted by atomic mass is 9.67. The van der Waals surface area contributed by atoms with Gasteiger partial charge in [0.15, 0.2) is 0 Å². The first-order chi connectivity index (χ1) is 15.1. The van der Waals surface area contributed by atoms with Crippen molar-refractivity contribution in [3.8, 4) is 0 Å². The van der Waals surface area contributed by atoms with E-state index in [-0.39, 0.29) is 17.3 Å². The van der Waals surface area contributed by atoms with Gasteiger partial charge in [0.25, 0.3) is 0 Å². The Morgan fingerprint density at radius 1 is 1.12 bits per heavy atom. The fraction of sp³-hybridized carbons (Fsp3) is 0.552. The second-order valence-electron chi connectivity index (χ2n) is 10.8. The number of piperidine rings is 1. The van der Waals surface area contributed by atoms with Gasteiger partial charge in [0.2, 0.25) is 0 Å². The number of ether oxygens (including phenoxy) is 1. The molecule has 0 radical (unpaired) electrons. The van der Waals surface area contributed by atoms with Gasteiger partial charge in [-0.15, -0.1) is 0 Å². The van der Waals surface area contributed by atoms with E-state index in [2.05, 4.69) is 62.1 Å². The van der Waals surface area contributed by atoms with Crippen LogP contribution in [0.5, 0.6) is 0 Å². The maximum atomic E-state index is 13.1. The molecule has 2 aromatic rings. The number of carbonyl (C=O) groups excluding carboxylic acids is 1. The van der Waals surface area contributed by atoms with Crippen molar-refractivity contribution < 1.29 is 9.53 Å². The Labute approximate surface area is 195 Å². The standard InChI is InChI=1S/C29H41NO2/c1-7-23-14-11-15-26(19-23)29(6)16-17-30(20-22(29)2)21-25(27(31)32-28(3,4)5)18-24-12-9-8-10-13-24/h8-15,19,22,25H,7,16-18,20-21H2,1-6H3. The monoisotopic (exact) mass is 435 g/mol. The normalized spacial score (nSPS) is 23.0. The molecule has 174 valence electrons. The molecular weight excluding hydrogens is 394 g/mol. The first-order valence-corrected chi connectivity index (χ1v) is 12.2. The Balaban J connectivity index is 1.72. The van der Waals surface area contributed by atoms with Crippen LogP contribution in [0.2, 0.25) is 0 Å². The number of benzene rings is 2. The van der Waals surface area contributed by atoms with Gasteiger partial charge in [-0.3, -0.25) is 4.79 Å². The molecule has 0 aliphatic carbocycles. The molecular formula is C29H41NO2. The Morgan fingerprint density at radius 3 is 2.44 bits per heavy atom. The number of aryl methyl sites for hydroxylation is 1. The number of nitrogens with zero attached hydrogens (tertiary/aromatic N) is 1. The third kappa shape index (κ3) is 6.22. The number of hydrogen-bond donors (Lipinski definition) is 0. The van der Waals surface area contributed by atoms with Gasteiger partial charge >= 0.3 is 5.97 Å². The summed E-state index contributed by atoms with van der Waals surface area (Å²) in [7, 11) is 0. The highest BCUT2D eigenvalue weighted by atomic mass is 16.6. The van der Waals surface area contributed by atoms with Crippen LogP contribution in [0.3, 0.4) is 0 Å². The SMILES string of the molecule is CCc1cccc(C2(C)CCN(CC(Cc3ccccc3)C(=O)OC(C)(C)C)CC2C)c1. The van der Waals surface area contributed by atoms with E-state index in [0.717, 1.165) is 38.9 Å². The zero-order valence-corrected chi connectivity index (χ0v) is 20.9. The van der Waals surface area contributed by atoms with Crippen molar-refractivity contribution in [2.45, 2.75) is 71.8 Å². The number of rotatable bonds is 7. The summed E-state index contributed by atoms with van der Waals surface area (Å²) in [5.74, 6) is 0.272. The predicted octanol–water partition coefficient (Wildman–Crippen LogP) is 6.05. The Morgan fingerprint density at radius 2 is 1.81 bits per heavy atom. The lowest BCUT2D eigenvalue weighted by Gasteiger charge is -2.46. The molecule has 2 aromatic carbocycles. The van der Waals surface area contributed by atoms with Gasteiger partial charge in [0.1, 0.15) is 5.60 Å². The third-order valence-corrected chi connectivity index (χ3v) is 7.11. The molecule has 32 heavy (non-hydrogen) atoms. The Bertz CT molecular complexity index is 886. The topological polar surface area (TPSA) is 29.5 Å². The van der Waals surface area contributed by atoms with Crippen molar-refractivity contribution in [3.63, 3.8) is 0 Å². The summed E-state index contributed by atoms with van der Waals surface area (Å²) in [6.07, 6.45) is 2.89. The van der Waals surface area contributed by atoms with Crippen molar-refractivity contribution in [3.05, 3.63) is 71.3 Å². The quantitative estimate of drug-likeness (QED) is 0.496. The van der Waals surface area contributed by atoms with Gasteiger partial charge in [-0.05, 0) is 74.6 Å². The minimum atomic E-state index is -0.468. The molecule has 1 aliphatic rings. The molecule has 3 atom stereocenters. The van der Waals surface area contributed by atoms with E-state index in [9.17, 15) is 4.79 Å². The third-order valence-electron chi connectivity index (χ3n) is 7.11. The molecule has 3 unspecified atom stereocenters. The van der Waals surface area contributed by atoms with E-state index in [1.54, 1.807) is 0 Å². The molecule has 1 saturated heterocycles. The van der Waals surface area contributed by atoms with Crippen molar-refractivity contribution in [2.75, 3.05) is 19.6 Å². The molecule has 0 aromatic heterocycles. The zero-order chi connectivity index (χ0) is 23.4. The van der Waals surface area contributed by atoms with Crippen LogP contribution in [0.4, 0.5) is 0 Å². The van der Waals surface area contributed by atoms with Crippen LogP contribution in [-0.4, -0.2) is 36.1 Å². The van der Waals surface area contributed by atoms with Gasteiger partial charge in [-0.2, -0.15) is 0 Å². The second kappa shape index (κ2) is 10.2. The van der Waals surface area contributed by atoms with E-state index in [1.807, 2.05) is 39.0 Å². The number of carbonyl (C=O) groups is 1. The molecule has 0 saturated carbocycles. The fourth-order valence-electron chi connectivity index (χ4n) is 4.88. The van der Waals surface area contributed by atoms with E-state index >= 15 is 0 Å². The van der Waals surface area contributed by atoms with Crippen LogP contribution in [0.15, 0.2) is 54.6 Å². The number of likely N-dealkylation sites (tertiary alicyclic amines) is 1. The van der Waals surface area contributed by atoms with Crippen LogP contribution >= 0.6 is 0 Å². The molecule has 1 aliphatic heterocycles. The van der Waals surface area contributed by atoms with Crippen LogP contribution < -0.4 is 0 Å². The summed E-state index contributed by atoms with van der Waals surface area (Å²) in [6.45, 7) is 15.6. The maximum absolute atomic E-state index is 13.1. The van der Waals surface area contributed by atoms with Gasteiger partial charge < -0.3 is 9.64 Å². The van der Waals surface area contributed by atoms with Crippen LogP contribution in [-0.2, 0) is 27.8 Å². The lowest BCUT2D eigenvalue weighted by molar-refractivity contribution is -0.160. The Kier molecular flexibility index (Phi) is 7.82. The molecule has 3 nitrogen and oxygen atoms in total. The maximum Gasteiger partial charge on any atom is 0.311 e. The molecule has 0 N–H and O–H groups in total. The predicted molar refractivity (Wildman–Crippen MR) is 133 cm³/mol. The first kappa shape index (κ1) is 24.5. The van der Waals surface area contributed by atoms with Crippen LogP contribution in [0, 0.1) is 11.8 Å². The van der Waals surface area contributed by atoms with Crippen LogP contribution in [0.1, 0.15) is 64.7 Å². The minimum absolute atomic E-state index is 0.0852. The Hall–Kier alpha value is -2.13. The molecule has 0 amide bonds. The van der Waals surface area contributed by atoms with Gasteiger partial charge in [0.05, 0.1) is 5.92 Å². The summed E-state index contributed by atoms with van der Waals surface area (Å²) in [6, 6.07) is 19.4. The van der Waals surface area contributed by atoms with Gasteiger partial charge in [-0.1, -0.05) is 75.4 Å². The smallest absolute Gasteiger partial charge is 0.311 e. The fourth-order valence-corrected chi connectivity index (χ4v) is 4.88. The van der Waals surface area contributed by atoms with Crippen molar-refractivity contribution in [1.29, 1.82) is 0 Å². The van der Waals surface area contributed by atoms with E-state index in [0.29, 0.717) is 5.92 Å². The molecule has 0 bridgehead atoms. The number of esters is 1. The lowest BCUT2D eigenvalue weighted by Crippen LogP contribution is -2.49. The summed E-state index contributed by atoms with van der Waals surface area (Å²) in [5, 5.41) is 0. The summed E-state index contributed by atoms with van der Waals surface area (Å²) in [5.41, 5.74) is 3.75. The first-order valence-electron chi connectivity index (χ1n) is 12.2. The molecule has 1 heterocycles. The summed E-state index contributed by atoms with van der Waals surface area (Å²) < 4.78 is 5.81. The second-order valence-corrected chi connectivity index (χ2v) is 10.8. The highest BCUT2D eigenvalue weighted by molar-refractivity contribution is 5.73. The average molecular weight is 436 g/mol. The molecule has 3 rings (SSSR count). The largest absolute Gasteiger partial charge is 0.460 e. The van der Waals surface area contributed by atoms with E-state index < -0.39 is 5.60 Å². The van der Waals surface area contributed by atoms with Crippen molar-refractivity contribution in [1.82, 2.24) is 4.90 Å². The zero-order valence-electron chi connectivity index (χ0n) is 20.9. The van der Waals surface area contributed by atoms with Crippen molar-refractivity contribution in [2.24, 2.45) is 11.8 Å². The van der Waals surface area contributed by atoms with Crippen molar-refractivity contribution >= 4 is 5.97 Å². The highest BCUT2D eigenvalue weighted by Gasteiger charge is 2.39. The van der Waals surface area contributed by atoms with Gasteiger partial charge in [0, 0.05) is 13.1 Å². The molecule has 1 fully saturated rings. The van der Waals surface area contributed by atoms with Gasteiger partial charge in [-0.25, -0.2) is 0 Å². The number of hydrogen-bond acceptors (Lipinski definition) is 3. The highest BCUT2D eigenvalue weighted by Crippen LogP contribution is 2.40. The average Bonchev–Trinajstić information content (AvgIpc) is 2.75. The van der Waals surface area contributed by atoms with E-state index in [4.69, 9.17) is 4.74 Å². The minimum Gasteiger partial charge on any atom is -0.460 e. The molecule has 0 spiro atoms. The summed E-state index contributed by atoms with van der Waals surface area (Å²) >= 11 is 0. The van der Waals surface area contributed by atoms with Crippen LogP contribution in [0.25, 0.3) is 0 Å².